The van der Waals surface area contributed by atoms with E-state index in [0.29, 0.717) is 45.0 Å². The van der Waals surface area contributed by atoms with Crippen LogP contribution in [0.3, 0.4) is 0 Å². The highest BCUT2D eigenvalue weighted by molar-refractivity contribution is 7.89. The van der Waals surface area contributed by atoms with Gasteiger partial charge in [-0.3, -0.25) is 4.90 Å². The maximum atomic E-state index is 13.1. The van der Waals surface area contributed by atoms with Crippen LogP contribution in [0.5, 0.6) is 5.75 Å². The van der Waals surface area contributed by atoms with Gasteiger partial charge in [0, 0.05) is 31.6 Å². The fourth-order valence-electron chi connectivity index (χ4n) is 3.49. The minimum Gasteiger partial charge on any atom is -0.486 e. The van der Waals surface area contributed by atoms with Crippen molar-refractivity contribution in [3.05, 3.63) is 76.2 Å². The second-order valence-electron chi connectivity index (χ2n) is 7.46. The Hall–Kier alpha value is -2.40. The summed E-state index contributed by atoms with van der Waals surface area (Å²) in [6.07, 6.45) is 0.700. The predicted octanol–water partition coefficient (Wildman–Crippen LogP) is 3.90. The van der Waals surface area contributed by atoms with Gasteiger partial charge < -0.3 is 4.74 Å². The number of aromatic nitrogens is 1. The molecule has 10 heteroatoms. The average molecular weight is 480 g/mol. The van der Waals surface area contributed by atoms with E-state index in [4.69, 9.17) is 4.74 Å². The predicted molar refractivity (Wildman–Crippen MR) is 118 cm³/mol. The topological polar surface area (TPSA) is 62.7 Å². The van der Waals surface area contributed by atoms with Gasteiger partial charge in [0.05, 0.1) is 10.6 Å². The van der Waals surface area contributed by atoms with Crippen molar-refractivity contribution in [1.29, 1.82) is 0 Å². The SMILES string of the molecule is O=S(=O)(c1ccc(F)cc1)N1CCCN(Cc2csc(COc3ccc(F)cc3)n2)CC1. The van der Waals surface area contributed by atoms with Gasteiger partial charge in [-0.15, -0.1) is 11.3 Å². The van der Waals surface area contributed by atoms with Crippen LogP contribution in [-0.2, 0) is 23.2 Å². The number of halogens is 2. The van der Waals surface area contributed by atoms with E-state index in [2.05, 4.69) is 9.88 Å². The standard InChI is InChI=1S/C22H23F2N3O3S2/c23-17-2-6-20(7-3-17)30-15-22-25-19(16-31-22)14-26-10-1-11-27(13-12-26)32(28,29)21-8-4-18(24)5-9-21/h2-9,16H,1,10-15H2. The molecule has 0 saturated carbocycles. The third-order valence-electron chi connectivity index (χ3n) is 5.16. The van der Waals surface area contributed by atoms with Crippen molar-refractivity contribution < 1.29 is 21.9 Å². The zero-order chi connectivity index (χ0) is 22.6. The number of ether oxygens (including phenoxy) is 1. The molecule has 0 unspecified atom stereocenters. The van der Waals surface area contributed by atoms with Crippen LogP contribution in [0.25, 0.3) is 0 Å². The molecule has 1 aromatic heterocycles. The number of nitrogens with zero attached hydrogens (tertiary/aromatic N) is 3. The third-order valence-corrected chi connectivity index (χ3v) is 7.94. The molecule has 2 heterocycles. The van der Waals surface area contributed by atoms with E-state index in [1.807, 2.05) is 5.38 Å². The van der Waals surface area contributed by atoms with Gasteiger partial charge >= 0.3 is 0 Å². The van der Waals surface area contributed by atoms with Crippen molar-refractivity contribution in [3.8, 4) is 5.75 Å². The maximum absolute atomic E-state index is 13.1. The highest BCUT2D eigenvalue weighted by Gasteiger charge is 2.27. The lowest BCUT2D eigenvalue weighted by atomic mass is 10.3. The first-order valence-electron chi connectivity index (χ1n) is 10.2. The lowest BCUT2D eigenvalue weighted by molar-refractivity contribution is 0.274. The molecule has 0 amide bonds. The molecule has 6 nitrogen and oxygen atoms in total. The van der Waals surface area contributed by atoms with Crippen LogP contribution in [0.15, 0.2) is 58.8 Å². The largest absolute Gasteiger partial charge is 0.486 e. The highest BCUT2D eigenvalue weighted by Crippen LogP contribution is 2.20. The second-order valence-corrected chi connectivity index (χ2v) is 10.3. The fourth-order valence-corrected chi connectivity index (χ4v) is 5.66. The summed E-state index contributed by atoms with van der Waals surface area (Å²) in [4.78, 5) is 6.89. The van der Waals surface area contributed by atoms with Crippen molar-refractivity contribution in [2.45, 2.75) is 24.5 Å². The normalized spacial score (nSPS) is 16.1. The van der Waals surface area contributed by atoms with Crippen LogP contribution in [0, 0.1) is 11.6 Å². The first kappa shape index (κ1) is 22.8. The molecular formula is C22H23F2N3O3S2. The van der Waals surface area contributed by atoms with Gasteiger partial charge in [0.2, 0.25) is 10.0 Å². The number of hydrogen-bond donors (Lipinski definition) is 0. The quantitative estimate of drug-likeness (QED) is 0.515. The van der Waals surface area contributed by atoms with Crippen molar-refractivity contribution in [2.75, 3.05) is 26.2 Å². The van der Waals surface area contributed by atoms with Crippen LogP contribution >= 0.6 is 11.3 Å². The molecule has 0 aliphatic carbocycles. The van der Waals surface area contributed by atoms with Gasteiger partial charge in [0.1, 0.15) is 29.0 Å². The van der Waals surface area contributed by atoms with Gasteiger partial charge in [0.15, 0.2) is 0 Å². The van der Waals surface area contributed by atoms with Crippen molar-refractivity contribution in [2.24, 2.45) is 0 Å². The number of thiazole rings is 1. The van der Waals surface area contributed by atoms with Crippen molar-refractivity contribution >= 4 is 21.4 Å². The Morgan fingerprint density at radius 1 is 0.938 bits per heavy atom. The molecule has 2 aromatic carbocycles. The average Bonchev–Trinajstić information content (AvgIpc) is 3.08. The van der Waals surface area contributed by atoms with Gasteiger partial charge in [0.25, 0.3) is 0 Å². The van der Waals surface area contributed by atoms with Crippen LogP contribution in [0.4, 0.5) is 8.78 Å². The van der Waals surface area contributed by atoms with E-state index < -0.39 is 15.8 Å². The van der Waals surface area contributed by atoms with E-state index >= 15 is 0 Å². The van der Waals surface area contributed by atoms with Crippen LogP contribution in [-0.4, -0.2) is 48.8 Å². The summed E-state index contributed by atoms with van der Waals surface area (Å²) in [5, 5.41) is 2.79. The van der Waals surface area contributed by atoms with Gasteiger partial charge in [-0.2, -0.15) is 4.31 Å². The van der Waals surface area contributed by atoms with Gasteiger partial charge in [-0.25, -0.2) is 22.2 Å². The van der Waals surface area contributed by atoms with Gasteiger partial charge in [-0.1, -0.05) is 0 Å². The molecule has 0 bridgehead atoms. The summed E-state index contributed by atoms with van der Waals surface area (Å²) in [6.45, 7) is 3.06. The zero-order valence-electron chi connectivity index (χ0n) is 17.3. The number of rotatable bonds is 7. The number of hydrogen-bond acceptors (Lipinski definition) is 6. The molecular weight excluding hydrogens is 456 g/mol. The first-order chi connectivity index (χ1) is 15.4. The van der Waals surface area contributed by atoms with E-state index in [9.17, 15) is 17.2 Å². The third kappa shape index (κ3) is 5.69. The molecule has 1 aliphatic rings. The molecule has 4 rings (SSSR count). The maximum Gasteiger partial charge on any atom is 0.243 e. The molecule has 0 radical (unpaired) electrons. The first-order valence-corrected chi connectivity index (χ1v) is 12.5. The fraction of sp³-hybridized carbons (Fsp3) is 0.318. The second kappa shape index (κ2) is 10.0. The molecule has 32 heavy (non-hydrogen) atoms. The molecule has 0 spiro atoms. The minimum absolute atomic E-state index is 0.109. The summed E-state index contributed by atoms with van der Waals surface area (Å²) in [5.41, 5.74) is 0.905. The Morgan fingerprint density at radius 3 is 2.34 bits per heavy atom. The van der Waals surface area contributed by atoms with E-state index in [1.54, 1.807) is 12.1 Å². The summed E-state index contributed by atoms with van der Waals surface area (Å²) in [6, 6.07) is 10.8. The highest BCUT2D eigenvalue weighted by atomic mass is 32.2. The Morgan fingerprint density at radius 2 is 1.62 bits per heavy atom. The number of benzene rings is 2. The molecule has 3 aromatic rings. The Labute approximate surface area is 190 Å². The van der Waals surface area contributed by atoms with Crippen LogP contribution < -0.4 is 4.74 Å². The summed E-state index contributed by atoms with van der Waals surface area (Å²) in [7, 11) is -3.64. The zero-order valence-corrected chi connectivity index (χ0v) is 18.9. The monoisotopic (exact) mass is 479 g/mol. The smallest absolute Gasteiger partial charge is 0.243 e. The summed E-state index contributed by atoms with van der Waals surface area (Å²) in [5.74, 6) is -0.190. The van der Waals surface area contributed by atoms with E-state index in [0.717, 1.165) is 29.4 Å². The van der Waals surface area contributed by atoms with Crippen molar-refractivity contribution in [1.82, 2.24) is 14.2 Å². The summed E-state index contributed by atoms with van der Waals surface area (Å²) < 4.78 is 59.0. The Balaban J connectivity index is 1.31. The Bertz CT molecular complexity index is 1140. The molecule has 0 atom stereocenters. The van der Waals surface area contributed by atoms with Crippen LogP contribution in [0.1, 0.15) is 17.1 Å². The Kier molecular flexibility index (Phi) is 7.14. The number of sulfonamides is 1. The lowest BCUT2D eigenvalue weighted by Gasteiger charge is -2.21. The van der Waals surface area contributed by atoms with Crippen molar-refractivity contribution in [3.63, 3.8) is 0 Å². The van der Waals surface area contributed by atoms with Crippen LogP contribution in [0.2, 0.25) is 0 Å². The molecule has 0 N–H and O–H groups in total. The van der Waals surface area contributed by atoms with E-state index in [1.165, 1.54) is 39.9 Å². The molecule has 1 aliphatic heterocycles. The van der Waals surface area contributed by atoms with E-state index in [-0.39, 0.29) is 10.7 Å². The molecule has 1 saturated heterocycles. The summed E-state index contributed by atoms with van der Waals surface area (Å²) >= 11 is 1.50. The molecule has 1 fully saturated rings. The molecule has 170 valence electrons. The lowest BCUT2D eigenvalue weighted by Crippen LogP contribution is -2.35. The minimum atomic E-state index is -3.64. The van der Waals surface area contributed by atoms with Gasteiger partial charge in [-0.05, 0) is 61.5 Å².